The molecule has 1 aromatic heterocycles. The van der Waals surface area contributed by atoms with E-state index in [1.165, 1.54) is 17.8 Å². The first kappa shape index (κ1) is 18.5. The van der Waals surface area contributed by atoms with Crippen molar-refractivity contribution in [3.8, 4) is 0 Å². The van der Waals surface area contributed by atoms with Crippen LogP contribution in [-0.2, 0) is 4.74 Å². The van der Waals surface area contributed by atoms with Crippen molar-refractivity contribution in [2.45, 2.75) is 45.1 Å². The van der Waals surface area contributed by atoms with Gasteiger partial charge in [-0.3, -0.25) is 4.99 Å². The summed E-state index contributed by atoms with van der Waals surface area (Å²) in [6.07, 6.45) is 6.10. The van der Waals surface area contributed by atoms with Crippen LogP contribution in [0.5, 0.6) is 0 Å². The molecule has 3 rings (SSSR count). The maximum atomic E-state index is 5.53. The Labute approximate surface area is 155 Å². The quantitative estimate of drug-likeness (QED) is 0.423. The van der Waals surface area contributed by atoms with E-state index in [9.17, 15) is 0 Å². The lowest BCUT2D eigenvalue weighted by Crippen LogP contribution is -2.49. The SMILES string of the molecule is CCOCCC1(CNC(=NC)NC2CCN(c3cccs3)CC2)CC1. The number of anilines is 1. The fraction of sp³-hybridized carbons (Fsp3) is 0.737. The van der Waals surface area contributed by atoms with Crippen LogP contribution in [0.15, 0.2) is 22.5 Å². The lowest BCUT2D eigenvalue weighted by molar-refractivity contribution is 0.128. The molecule has 0 spiro atoms. The van der Waals surface area contributed by atoms with Gasteiger partial charge in [0, 0.05) is 45.9 Å². The summed E-state index contributed by atoms with van der Waals surface area (Å²) in [6.45, 7) is 7.00. The summed E-state index contributed by atoms with van der Waals surface area (Å²) in [7, 11) is 1.87. The minimum Gasteiger partial charge on any atom is -0.382 e. The fourth-order valence-corrected chi connectivity index (χ4v) is 4.26. The van der Waals surface area contributed by atoms with E-state index >= 15 is 0 Å². The maximum absolute atomic E-state index is 5.53. The molecule has 2 fully saturated rings. The highest BCUT2D eigenvalue weighted by molar-refractivity contribution is 7.14. The molecule has 0 unspecified atom stereocenters. The first-order chi connectivity index (χ1) is 12.2. The number of nitrogens with one attached hydrogen (secondary N) is 2. The molecule has 5 nitrogen and oxygen atoms in total. The van der Waals surface area contributed by atoms with Gasteiger partial charge in [0.15, 0.2) is 5.96 Å². The number of guanidine groups is 1. The molecule has 0 bridgehead atoms. The van der Waals surface area contributed by atoms with Gasteiger partial charge in [0.05, 0.1) is 5.00 Å². The van der Waals surface area contributed by atoms with Gasteiger partial charge in [-0.2, -0.15) is 0 Å². The van der Waals surface area contributed by atoms with E-state index in [1.807, 2.05) is 18.4 Å². The molecule has 1 aliphatic heterocycles. The second-order valence-corrected chi connectivity index (χ2v) is 8.16. The predicted molar refractivity (Wildman–Crippen MR) is 107 cm³/mol. The molecule has 2 aliphatic rings. The van der Waals surface area contributed by atoms with Crippen LogP contribution in [0.2, 0.25) is 0 Å². The van der Waals surface area contributed by atoms with Crippen LogP contribution in [0.25, 0.3) is 0 Å². The summed E-state index contributed by atoms with van der Waals surface area (Å²) in [6, 6.07) is 4.87. The van der Waals surface area contributed by atoms with E-state index in [4.69, 9.17) is 4.74 Å². The van der Waals surface area contributed by atoms with Gasteiger partial charge in [-0.25, -0.2) is 0 Å². The van der Waals surface area contributed by atoms with Gasteiger partial charge in [0.2, 0.25) is 0 Å². The lowest BCUT2D eigenvalue weighted by Gasteiger charge is -2.33. The van der Waals surface area contributed by atoms with Gasteiger partial charge in [-0.1, -0.05) is 0 Å². The summed E-state index contributed by atoms with van der Waals surface area (Å²) >= 11 is 1.83. The summed E-state index contributed by atoms with van der Waals surface area (Å²) < 4.78 is 5.53. The zero-order chi connectivity index (χ0) is 17.5. The molecule has 1 aliphatic carbocycles. The monoisotopic (exact) mass is 364 g/mol. The molecule has 1 saturated carbocycles. The largest absolute Gasteiger partial charge is 0.382 e. The highest BCUT2D eigenvalue weighted by Gasteiger charge is 2.42. The standard InChI is InChI=1S/C19H32N4OS/c1-3-24-13-10-19(8-9-19)15-21-18(20-2)22-16-6-11-23(12-7-16)17-5-4-14-25-17/h4-5,14,16H,3,6-13,15H2,1-2H3,(H2,20,21,22). The maximum Gasteiger partial charge on any atom is 0.191 e. The third kappa shape index (κ3) is 5.35. The average Bonchev–Trinajstić information content (AvgIpc) is 3.19. The first-order valence-corrected chi connectivity index (χ1v) is 10.5. The molecule has 1 saturated heterocycles. The fourth-order valence-electron chi connectivity index (χ4n) is 3.48. The van der Waals surface area contributed by atoms with Crippen LogP contribution >= 0.6 is 11.3 Å². The van der Waals surface area contributed by atoms with Gasteiger partial charge >= 0.3 is 0 Å². The molecule has 6 heteroatoms. The molecule has 0 aromatic carbocycles. The van der Waals surface area contributed by atoms with Gasteiger partial charge in [0.25, 0.3) is 0 Å². The first-order valence-electron chi connectivity index (χ1n) is 9.58. The van der Waals surface area contributed by atoms with Crippen LogP contribution in [0.1, 0.15) is 39.0 Å². The third-order valence-corrected chi connectivity index (χ3v) is 6.38. The molecule has 0 radical (unpaired) electrons. The van der Waals surface area contributed by atoms with Crippen molar-refractivity contribution in [2.75, 3.05) is 44.8 Å². The Morgan fingerprint density at radius 2 is 2.20 bits per heavy atom. The smallest absolute Gasteiger partial charge is 0.191 e. The van der Waals surface area contributed by atoms with Gasteiger partial charge in [-0.05, 0) is 62.0 Å². The Hall–Kier alpha value is -1.27. The molecule has 25 heavy (non-hydrogen) atoms. The topological polar surface area (TPSA) is 48.9 Å². The summed E-state index contributed by atoms with van der Waals surface area (Å²) in [5.74, 6) is 0.956. The Morgan fingerprint density at radius 3 is 2.80 bits per heavy atom. The van der Waals surface area contributed by atoms with Gasteiger partial charge < -0.3 is 20.3 Å². The molecular formula is C19H32N4OS. The van der Waals surface area contributed by atoms with Crippen LogP contribution in [0.4, 0.5) is 5.00 Å². The lowest BCUT2D eigenvalue weighted by atomic mass is 10.0. The second-order valence-electron chi connectivity index (χ2n) is 7.23. The highest BCUT2D eigenvalue weighted by Crippen LogP contribution is 2.48. The van der Waals surface area contributed by atoms with Crippen LogP contribution in [-0.4, -0.2) is 51.9 Å². The Morgan fingerprint density at radius 1 is 1.40 bits per heavy atom. The predicted octanol–water partition coefficient (Wildman–Crippen LogP) is 3.09. The number of hydrogen-bond acceptors (Lipinski definition) is 4. The van der Waals surface area contributed by atoms with E-state index in [2.05, 4.69) is 45.0 Å². The molecule has 140 valence electrons. The number of rotatable bonds is 8. The third-order valence-electron chi connectivity index (χ3n) is 5.45. The molecule has 0 atom stereocenters. The number of thiophene rings is 1. The molecule has 2 N–H and O–H groups in total. The van der Waals surface area contributed by atoms with E-state index in [0.29, 0.717) is 11.5 Å². The number of ether oxygens (including phenoxy) is 1. The van der Waals surface area contributed by atoms with E-state index in [1.54, 1.807) is 0 Å². The number of piperidine rings is 1. The van der Waals surface area contributed by atoms with Crippen molar-refractivity contribution < 1.29 is 4.74 Å². The van der Waals surface area contributed by atoms with Crippen LogP contribution in [0, 0.1) is 5.41 Å². The van der Waals surface area contributed by atoms with Crippen molar-refractivity contribution in [3.05, 3.63) is 17.5 Å². The van der Waals surface area contributed by atoms with Crippen LogP contribution in [0.3, 0.4) is 0 Å². The zero-order valence-corrected chi connectivity index (χ0v) is 16.4. The van der Waals surface area contributed by atoms with E-state index in [0.717, 1.165) is 58.1 Å². The van der Waals surface area contributed by atoms with Gasteiger partial charge in [-0.15, -0.1) is 11.3 Å². The van der Waals surface area contributed by atoms with E-state index < -0.39 is 0 Å². The molecule has 1 aromatic rings. The minimum atomic E-state index is 0.440. The van der Waals surface area contributed by atoms with Crippen molar-refractivity contribution in [2.24, 2.45) is 10.4 Å². The number of nitrogens with zero attached hydrogens (tertiary/aromatic N) is 2. The Balaban J connectivity index is 1.38. The number of hydrogen-bond donors (Lipinski definition) is 2. The molecule has 0 amide bonds. The normalized spacial score (nSPS) is 20.6. The van der Waals surface area contributed by atoms with Crippen molar-refractivity contribution in [1.82, 2.24) is 10.6 Å². The number of aliphatic imine (C=N–C) groups is 1. The molecule has 2 heterocycles. The van der Waals surface area contributed by atoms with E-state index in [-0.39, 0.29) is 0 Å². The van der Waals surface area contributed by atoms with Gasteiger partial charge in [0.1, 0.15) is 0 Å². The zero-order valence-electron chi connectivity index (χ0n) is 15.6. The van der Waals surface area contributed by atoms with Crippen LogP contribution < -0.4 is 15.5 Å². The summed E-state index contributed by atoms with van der Waals surface area (Å²) in [5, 5.41) is 10.7. The average molecular weight is 365 g/mol. The minimum absolute atomic E-state index is 0.440. The highest BCUT2D eigenvalue weighted by atomic mass is 32.1. The second kappa shape index (κ2) is 8.90. The van der Waals surface area contributed by atoms with Crippen molar-refractivity contribution in [3.63, 3.8) is 0 Å². The van der Waals surface area contributed by atoms with Crippen molar-refractivity contribution in [1.29, 1.82) is 0 Å². The Kier molecular flexibility index (Phi) is 6.59. The van der Waals surface area contributed by atoms with Crippen molar-refractivity contribution >= 4 is 22.3 Å². The summed E-state index contributed by atoms with van der Waals surface area (Å²) in [5.41, 5.74) is 0.440. The summed E-state index contributed by atoms with van der Waals surface area (Å²) in [4.78, 5) is 6.92. The Bertz CT molecular complexity index is 534. The molecular weight excluding hydrogens is 332 g/mol.